The molecular formula is C27H27N7O4. The molecule has 11 nitrogen and oxygen atoms in total. The molecule has 2 aromatic heterocycles. The number of nitrogens with zero attached hydrogens (tertiary/aromatic N) is 4. The maximum Gasteiger partial charge on any atom is 0.324 e. The molecule has 194 valence electrons. The number of aromatic amines is 1. The van der Waals surface area contributed by atoms with E-state index in [1.807, 2.05) is 57.3 Å². The van der Waals surface area contributed by atoms with Gasteiger partial charge in [0.25, 0.3) is 0 Å². The largest absolute Gasteiger partial charge is 0.361 e. The minimum Gasteiger partial charge on any atom is -0.361 e. The normalized spacial score (nSPS) is 14.1. The fraction of sp³-hybridized carbons (Fsp3) is 0.222. The molecule has 0 saturated carbocycles. The summed E-state index contributed by atoms with van der Waals surface area (Å²) in [6, 6.07) is 16.1. The number of urea groups is 1. The number of ketones is 1. The Hall–Kier alpha value is -4.93. The number of fused-ring (bicyclic) bond motifs is 1. The molecule has 4 amide bonds. The summed E-state index contributed by atoms with van der Waals surface area (Å²) in [5, 5.41) is 13.6. The van der Waals surface area contributed by atoms with Gasteiger partial charge in [0.05, 0.1) is 17.9 Å². The number of benzene rings is 2. The first-order chi connectivity index (χ1) is 18.0. The monoisotopic (exact) mass is 513 g/mol. The van der Waals surface area contributed by atoms with Gasteiger partial charge in [-0.15, -0.1) is 0 Å². The molecule has 1 saturated heterocycles. The van der Waals surface area contributed by atoms with E-state index in [1.54, 1.807) is 28.9 Å². The molecule has 0 aliphatic carbocycles. The number of likely N-dealkylation sites (N-methyl/N-ethyl adjacent to an activating group) is 1. The van der Waals surface area contributed by atoms with E-state index in [0.29, 0.717) is 22.8 Å². The summed E-state index contributed by atoms with van der Waals surface area (Å²) in [5.74, 6) is -2.26. The molecule has 38 heavy (non-hydrogen) atoms. The number of amides is 4. The van der Waals surface area contributed by atoms with Crippen molar-refractivity contribution >= 4 is 46.0 Å². The number of nitrogens with one attached hydrogen (secondary N) is 3. The smallest absolute Gasteiger partial charge is 0.324 e. The topological polar surface area (TPSA) is 132 Å². The van der Waals surface area contributed by atoms with Crippen molar-refractivity contribution < 1.29 is 19.2 Å². The van der Waals surface area contributed by atoms with Crippen LogP contribution in [0.25, 0.3) is 16.6 Å². The first-order valence-electron chi connectivity index (χ1n) is 12.0. The molecule has 4 aromatic rings. The minimum absolute atomic E-state index is 0.0679. The standard InChI is InChI=1S/C27H27N7O4/c1-27(2,3)21-14-22(30-26(38)29-18-7-10-20-17(13-18)11-12-28-20)34(31-21)19-8-5-16(6-9-19)15-33-25(37)23(35)24(36)32(33)4/h5-14,28H,15H2,1-4H3,(H2,29,30,38). The van der Waals surface area contributed by atoms with Crippen molar-refractivity contribution in [3.05, 3.63) is 72.1 Å². The average Bonchev–Trinajstić information content (AvgIpc) is 3.56. The van der Waals surface area contributed by atoms with Crippen LogP contribution in [0.2, 0.25) is 0 Å². The highest BCUT2D eigenvalue weighted by molar-refractivity contribution is 6.65. The van der Waals surface area contributed by atoms with Crippen LogP contribution in [-0.4, -0.2) is 55.5 Å². The van der Waals surface area contributed by atoms with Gasteiger partial charge in [0.1, 0.15) is 5.82 Å². The Labute approximate surface area is 218 Å². The number of hydrogen-bond donors (Lipinski definition) is 3. The second-order valence-corrected chi connectivity index (χ2v) is 10.1. The average molecular weight is 514 g/mol. The van der Waals surface area contributed by atoms with Crippen LogP contribution in [0.4, 0.5) is 16.3 Å². The van der Waals surface area contributed by atoms with Gasteiger partial charge in [0.15, 0.2) is 0 Å². The van der Waals surface area contributed by atoms with E-state index >= 15 is 0 Å². The number of rotatable bonds is 5. The number of Topliss-reactive ketones (excluding diaryl/α,β-unsaturated/α-hetero) is 1. The molecule has 3 heterocycles. The van der Waals surface area contributed by atoms with Crippen molar-refractivity contribution in [3.8, 4) is 5.69 Å². The molecule has 1 aliphatic heterocycles. The van der Waals surface area contributed by atoms with Crippen LogP contribution in [0.1, 0.15) is 32.0 Å². The van der Waals surface area contributed by atoms with Crippen molar-refractivity contribution in [2.24, 2.45) is 0 Å². The molecule has 2 aromatic carbocycles. The van der Waals surface area contributed by atoms with Gasteiger partial charge in [-0.3, -0.25) is 19.7 Å². The molecular weight excluding hydrogens is 486 g/mol. The highest BCUT2D eigenvalue weighted by Gasteiger charge is 2.42. The zero-order valence-corrected chi connectivity index (χ0v) is 21.4. The maximum atomic E-state index is 12.9. The number of aromatic nitrogens is 3. The van der Waals surface area contributed by atoms with Crippen LogP contribution in [0.15, 0.2) is 60.8 Å². The van der Waals surface area contributed by atoms with Crippen LogP contribution in [-0.2, 0) is 26.3 Å². The molecule has 11 heteroatoms. The summed E-state index contributed by atoms with van der Waals surface area (Å²) < 4.78 is 1.64. The van der Waals surface area contributed by atoms with E-state index in [0.717, 1.165) is 26.6 Å². The lowest BCUT2D eigenvalue weighted by molar-refractivity contribution is -0.145. The summed E-state index contributed by atoms with van der Waals surface area (Å²) in [7, 11) is 1.39. The van der Waals surface area contributed by atoms with Crippen molar-refractivity contribution in [1.82, 2.24) is 24.8 Å². The third-order valence-corrected chi connectivity index (χ3v) is 6.32. The van der Waals surface area contributed by atoms with Gasteiger partial charge in [0.2, 0.25) is 0 Å². The number of hydrogen-bond acceptors (Lipinski definition) is 5. The van der Waals surface area contributed by atoms with Gasteiger partial charge in [-0.25, -0.2) is 19.5 Å². The Bertz CT molecular complexity index is 1580. The fourth-order valence-corrected chi connectivity index (χ4v) is 4.14. The second-order valence-electron chi connectivity index (χ2n) is 10.1. The third-order valence-electron chi connectivity index (χ3n) is 6.32. The lowest BCUT2D eigenvalue weighted by atomic mass is 9.92. The van der Waals surface area contributed by atoms with Gasteiger partial charge in [-0.05, 0) is 42.0 Å². The quantitative estimate of drug-likeness (QED) is 0.351. The molecule has 0 radical (unpaired) electrons. The first-order valence-corrected chi connectivity index (χ1v) is 12.0. The van der Waals surface area contributed by atoms with Gasteiger partial charge in [-0.1, -0.05) is 32.9 Å². The van der Waals surface area contributed by atoms with Crippen LogP contribution in [0.5, 0.6) is 0 Å². The van der Waals surface area contributed by atoms with E-state index in [-0.39, 0.29) is 12.0 Å². The molecule has 0 spiro atoms. The van der Waals surface area contributed by atoms with Crippen molar-refractivity contribution in [2.75, 3.05) is 17.7 Å². The SMILES string of the molecule is CN1C(=O)C(=O)C(=O)N1Cc1ccc(-n2nc(C(C)(C)C)cc2NC(=O)Nc2ccc3[nH]ccc3c2)cc1. The summed E-state index contributed by atoms with van der Waals surface area (Å²) >= 11 is 0. The highest BCUT2D eigenvalue weighted by atomic mass is 16.2. The number of H-pyrrole nitrogens is 1. The maximum absolute atomic E-state index is 12.9. The summed E-state index contributed by atoms with van der Waals surface area (Å²) in [6.45, 7) is 6.17. The molecule has 1 fully saturated rings. The van der Waals surface area contributed by atoms with Crippen molar-refractivity contribution in [1.29, 1.82) is 0 Å². The fourth-order valence-electron chi connectivity index (χ4n) is 4.14. The molecule has 3 N–H and O–H groups in total. The number of hydrazine groups is 1. The minimum atomic E-state index is -1.04. The van der Waals surface area contributed by atoms with Gasteiger partial charge >= 0.3 is 23.6 Å². The van der Waals surface area contributed by atoms with E-state index in [4.69, 9.17) is 5.10 Å². The van der Waals surface area contributed by atoms with Crippen molar-refractivity contribution in [3.63, 3.8) is 0 Å². The Balaban J connectivity index is 1.37. The number of carbonyl (C=O) groups is 4. The predicted molar refractivity (Wildman–Crippen MR) is 142 cm³/mol. The van der Waals surface area contributed by atoms with E-state index < -0.39 is 23.6 Å². The number of anilines is 2. The van der Waals surface area contributed by atoms with Crippen LogP contribution in [0, 0.1) is 0 Å². The third kappa shape index (κ3) is 4.61. The van der Waals surface area contributed by atoms with Crippen LogP contribution in [0.3, 0.4) is 0 Å². The molecule has 5 rings (SSSR count). The lowest BCUT2D eigenvalue weighted by Crippen LogP contribution is -2.37. The van der Waals surface area contributed by atoms with E-state index in [1.165, 1.54) is 7.05 Å². The van der Waals surface area contributed by atoms with Crippen molar-refractivity contribution in [2.45, 2.75) is 32.7 Å². The first kappa shape index (κ1) is 24.8. The van der Waals surface area contributed by atoms with E-state index in [9.17, 15) is 19.2 Å². The summed E-state index contributed by atoms with van der Waals surface area (Å²) in [5.41, 5.74) is 3.54. The second kappa shape index (κ2) is 9.18. The Morgan fingerprint density at radius 2 is 1.68 bits per heavy atom. The zero-order valence-electron chi connectivity index (χ0n) is 21.4. The van der Waals surface area contributed by atoms with Crippen LogP contribution >= 0.6 is 0 Å². The molecule has 1 aliphatic rings. The summed E-state index contributed by atoms with van der Waals surface area (Å²) in [6.07, 6.45) is 1.84. The molecule has 0 atom stereocenters. The Morgan fingerprint density at radius 3 is 2.34 bits per heavy atom. The molecule has 0 unspecified atom stereocenters. The predicted octanol–water partition coefficient (Wildman–Crippen LogP) is 3.58. The van der Waals surface area contributed by atoms with Gasteiger partial charge in [-0.2, -0.15) is 5.10 Å². The Kier molecular flexibility index (Phi) is 5.98. The number of carbonyl (C=O) groups excluding carboxylic acids is 4. The van der Waals surface area contributed by atoms with E-state index in [2.05, 4.69) is 15.6 Å². The highest BCUT2D eigenvalue weighted by Crippen LogP contribution is 2.27. The lowest BCUT2D eigenvalue weighted by Gasteiger charge is -2.22. The Morgan fingerprint density at radius 1 is 0.947 bits per heavy atom. The zero-order chi connectivity index (χ0) is 27.2. The van der Waals surface area contributed by atoms with Crippen LogP contribution < -0.4 is 10.6 Å². The van der Waals surface area contributed by atoms with Gasteiger partial charge in [0, 0.05) is 41.3 Å². The molecule has 0 bridgehead atoms. The van der Waals surface area contributed by atoms with Gasteiger partial charge < -0.3 is 10.3 Å². The summed E-state index contributed by atoms with van der Waals surface area (Å²) in [4.78, 5) is 51.6.